The Morgan fingerprint density at radius 3 is 2.35 bits per heavy atom. The van der Waals surface area contributed by atoms with Crippen LogP contribution in [0.25, 0.3) is 0 Å². The van der Waals surface area contributed by atoms with Gasteiger partial charge in [0, 0.05) is 12.6 Å². The van der Waals surface area contributed by atoms with E-state index in [1.807, 2.05) is 0 Å². The molecule has 2 aliphatic rings. The van der Waals surface area contributed by atoms with Crippen LogP contribution < -0.4 is 0 Å². The van der Waals surface area contributed by atoms with Crippen molar-refractivity contribution in [1.29, 1.82) is 0 Å². The van der Waals surface area contributed by atoms with E-state index >= 15 is 0 Å². The van der Waals surface area contributed by atoms with Crippen molar-refractivity contribution in [2.24, 2.45) is 0 Å². The number of hydrogen-bond donors (Lipinski definition) is 1. The number of aliphatic carboxylic acids is 1. The van der Waals surface area contributed by atoms with E-state index in [1.54, 1.807) is 27.7 Å². The number of nitrogens with zero attached hydrogens (tertiary/aromatic N) is 2. The summed E-state index contributed by atoms with van der Waals surface area (Å²) in [6, 6.07) is -0.350. The molecule has 7 nitrogen and oxygen atoms in total. The number of ether oxygens (including phenoxy) is 1. The van der Waals surface area contributed by atoms with E-state index in [9.17, 15) is 14.4 Å². The summed E-state index contributed by atoms with van der Waals surface area (Å²) in [6.07, 6.45) is 2.33. The molecule has 1 spiro atoms. The molecule has 130 valence electrons. The van der Waals surface area contributed by atoms with Crippen LogP contribution in [0.2, 0.25) is 0 Å². The lowest BCUT2D eigenvalue weighted by Crippen LogP contribution is -2.69. The molecule has 1 aliphatic heterocycles. The molecule has 2 rings (SSSR count). The highest BCUT2D eigenvalue weighted by molar-refractivity contribution is 5.93. The summed E-state index contributed by atoms with van der Waals surface area (Å²) in [5, 5.41) is 9.06. The van der Waals surface area contributed by atoms with Gasteiger partial charge in [-0.3, -0.25) is 14.5 Å². The van der Waals surface area contributed by atoms with Gasteiger partial charge < -0.3 is 14.7 Å². The number of amides is 2. The summed E-state index contributed by atoms with van der Waals surface area (Å²) < 4.78 is 5.48. The largest absolute Gasteiger partial charge is 0.480 e. The number of piperazine rings is 1. The Morgan fingerprint density at radius 1 is 1.30 bits per heavy atom. The molecule has 0 radical (unpaired) electrons. The van der Waals surface area contributed by atoms with E-state index in [1.165, 1.54) is 9.80 Å². The molecule has 1 saturated heterocycles. The maximum absolute atomic E-state index is 13.0. The molecule has 1 heterocycles. The average Bonchev–Trinajstić information content (AvgIpc) is 2.87. The van der Waals surface area contributed by atoms with E-state index in [-0.39, 0.29) is 18.5 Å². The molecular weight excluding hydrogens is 300 g/mol. The van der Waals surface area contributed by atoms with E-state index in [0.29, 0.717) is 19.4 Å². The van der Waals surface area contributed by atoms with E-state index in [2.05, 4.69) is 0 Å². The number of carboxylic acid groups (broad SMARTS) is 1. The van der Waals surface area contributed by atoms with E-state index in [4.69, 9.17) is 9.84 Å². The molecule has 23 heavy (non-hydrogen) atoms. The minimum absolute atomic E-state index is 0.262. The van der Waals surface area contributed by atoms with Gasteiger partial charge in [0.2, 0.25) is 5.91 Å². The molecule has 0 aromatic carbocycles. The number of carboxylic acids is 1. The smallest absolute Gasteiger partial charge is 0.411 e. The van der Waals surface area contributed by atoms with Gasteiger partial charge in [0.05, 0.1) is 0 Å². The maximum atomic E-state index is 13.0. The minimum atomic E-state index is -1.04. The Balaban J connectivity index is 2.31. The molecule has 1 unspecified atom stereocenters. The molecule has 1 atom stereocenters. The standard InChI is InChI=1S/C16H26N2O5/c1-11-9-18(14(22)23-15(2,3)4)16(7-5-6-8-16)13(21)17(11)10-12(19)20/h11H,5-10H2,1-4H3,(H,19,20). The first kappa shape index (κ1) is 17.6. The van der Waals surface area contributed by atoms with Gasteiger partial charge in [0.15, 0.2) is 0 Å². The highest BCUT2D eigenvalue weighted by Crippen LogP contribution is 2.41. The fourth-order valence-corrected chi connectivity index (χ4v) is 3.50. The first-order valence-corrected chi connectivity index (χ1v) is 8.10. The molecule has 1 N–H and O–H groups in total. The average molecular weight is 326 g/mol. The van der Waals surface area contributed by atoms with Crippen LogP contribution in [0.15, 0.2) is 0 Å². The summed E-state index contributed by atoms with van der Waals surface area (Å²) in [5.41, 5.74) is -1.58. The summed E-state index contributed by atoms with van der Waals surface area (Å²) in [5.74, 6) is -1.30. The van der Waals surface area contributed by atoms with Gasteiger partial charge >= 0.3 is 12.1 Å². The number of carbonyl (C=O) groups excluding carboxylic acids is 2. The van der Waals surface area contributed by atoms with Crippen LogP contribution in [0.1, 0.15) is 53.4 Å². The minimum Gasteiger partial charge on any atom is -0.480 e. The zero-order valence-electron chi connectivity index (χ0n) is 14.3. The van der Waals surface area contributed by atoms with Crippen molar-refractivity contribution in [3.05, 3.63) is 0 Å². The lowest BCUT2D eigenvalue weighted by molar-refractivity contribution is -0.160. The Hall–Kier alpha value is -1.79. The first-order chi connectivity index (χ1) is 10.6. The van der Waals surface area contributed by atoms with Crippen LogP contribution in [0.4, 0.5) is 4.79 Å². The highest BCUT2D eigenvalue weighted by atomic mass is 16.6. The van der Waals surface area contributed by atoms with Crippen molar-refractivity contribution >= 4 is 18.0 Å². The fourth-order valence-electron chi connectivity index (χ4n) is 3.50. The Bertz CT molecular complexity index is 505. The van der Waals surface area contributed by atoms with Crippen LogP contribution in [-0.4, -0.2) is 63.1 Å². The second-order valence-electron chi connectivity index (χ2n) is 7.51. The summed E-state index contributed by atoms with van der Waals surface area (Å²) in [6.45, 7) is 7.10. The Kier molecular flexibility index (Phi) is 4.59. The predicted molar refractivity (Wildman–Crippen MR) is 82.9 cm³/mol. The van der Waals surface area contributed by atoms with Gasteiger partial charge in [0.1, 0.15) is 17.7 Å². The molecule has 2 amide bonds. The molecule has 0 aromatic rings. The highest BCUT2D eigenvalue weighted by Gasteiger charge is 2.55. The molecule has 2 fully saturated rings. The normalized spacial score (nSPS) is 24.2. The van der Waals surface area contributed by atoms with Gasteiger partial charge in [0.25, 0.3) is 0 Å². The van der Waals surface area contributed by atoms with Gasteiger partial charge in [-0.2, -0.15) is 0 Å². The number of carbonyl (C=O) groups is 3. The summed E-state index contributed by atoms with van der Waals surface area (Å²) >= 11 is 0. The third-order valence-electron chi connectivity index (χ3n) is 4.50. The van der Waals surface area contributed by atoms with Crippen molar-refractivity contribution in [3.63, 3.8) is 0 Å². The number of rotatable bonds is 2. The zero-order chi connectivity index (χ0) is 17.4. The zero-order valence-corrected chi connectivity index (χ0v) is 14.3. The quantitative estimate of drug-likeness (QED) is 0.837. The number of hydrogen-bond acceptors (Lipinski definition) is 4. The predicted octanol–water partition coefficient (Wildman–Crippen LogP) is 1.85. The van der Waals surface area contributed by atoms with Gasteiger partial charge in [-0.05, 0) is 40.5 Å². The lowest BCUT2D eigenvalue weighted by Gasteiger charge is -2.50. The summed E-state index contributed by atoms with van der Waals surface area (Å²) in [7, 11) is 0. The van der Waals surface area contributed by atoms with Gasteiger partial charge in [-0.15, -0.1) is 0 Å². The second-order valence-corrected chi connectivity index (χ2v) is 7.51. The van der Waals surface area contributed by atoms with Crippen molar-refractivity contribution in [3.8, 4) is 0 Å². The van der Waals surface area contributed by atoms with Crippen molar-refractivity contribution < 1.29 is 24.2 Å². The third-order valence-corrected chi connectivity index (χ3v) is 4.50. The molecule has 0 aromatic heterocycles. The van der Waals surface area contributed by atoms with Gasteiger partial charge in [-0.1, -0.05) is 12.8 Å². The van der Waals surface area contributed by atoms with Gasteiger partial charge in [-0.25, -0.2) is 4.79 Å². The SMILES string of the molecule is CC1CN(C(=O)OC(C)(C)C)C2(CCCC2)C(=O)N1CC(=O)O. The molecule has 0 bridgehead atoms. The molecule has 1 saturated carbocycles. The molecule has 1 aliphatic carbocycles. The van der Waals surface area contributed by atoms with Crippen LogP contribution in [0.5, 0.6) is 0 Å². The fraction of sp³-hybridized carbons (Fsp3) is 0.812. The van der Waals surface area contributed by atoms with Crippen molar-refractivity contribution in [2.75, 3.05) is 13.1 Å². The van der Waals surface area contributed by atoms with Crippen molar-refractivity contribution in [1.82, 2.24) is 9.80 Å². The van der Waals surface area contributed by atoms with Crippen LogP contribution in [0, 0.1) is 0 Å². The lowest BCUT2D eigenvalue weighted by atomic mass is 9.89. The maximum Gasteiger partial charge on any atom is 0.411 e. The first-order valence-electron chi connectivity index (χ1n) is 8.10. The topological polar surface area (TPSA) is 87.2 Å². The van der Waals surface area contributed by atoms with Crippen molar-refractivity contribution in [2.45, 2.75) is 70.6 Å². The third kappa shape index (κ3) is 3.43. The molecule has 7 heteroatoms. The van der Waals surface area contributed by atoms with E-state index < -0.39 is 23.2 Å². The van der Waals surface area contributed by atoms with Crippen LogP contribution in [0.3, 0.4) is 0 Å². The second kappa shape index (κ2) is 6.02. The molecular formula is C16H26N2O5. The van der Waals surface area contributed by atoms with E-state index in [0.717, 1.165) is 12.8 Å². The van der Waals surface area contributed by atoms with Crippen LogP contribution >= 0.6 is 0 Å². The Labute approximate surface area is 136 Å². The monoisotopic (exact) mass is 326 g/mol. The summed E-state index contributed by atoms with van der Waals surface area (Å²) in [4.78, 5) is 39.6. The van der Waals surface area contributed by atoms with Crippen LogP contribution in [-0.2, 0) is 14.3 Å². The Morgan fingerprint density at radius 2 is 1.87 bits per heavy atom.